The van der Waals surface area contributed by atoms with Crippen molar-refractivity contribution < 1.29 is 0 Å². The van der Waals surface area contributed by atoms with E-state index in [1.54, 1.807) is 5.56 Å². The molecule has 0 amide bonds. The topological polar surface area (TPSA) is 12.9 Å². The molecule has 0 spiro atoms. The summed E-state index contributed by atoms with van der Waals surface area (Å²) in [6, 6.07) is 4.34. The summed E-state index contributed by atoms with van der Waals surface area (Å²) in [5, 5.41) is 0. The highest BCUT2D eigenvalue weighted by Gasteiger charge is 2.44. The van der Waals surface area contributed by atoms with Gasteiger partial charge in [0.1, 0.15) is 0 Å². The summed E-state index contributed by atoms with van der Waals surface area (Å²) >= 11 is 0. The molecule has 0 bridgehead atoms. The Morgan fingerprint density at radius 3 is 3.25 bits per heavy atom. The second kappa shape index (κ2) is 2.09. The molecule has 0 aromatic carbocycles. The Bertz CT molecular complexity index is 304. The van der Waals surface area contributed by atoms with Crippen LogP contribution in [0.3, 0.4) is 0 Å². The molecule has 0 aliphatic heterocycles. The number of hydrogen-bond acceptors (Lipinski definition) is 1. The molecule has 1 aromatic heterocycles. The number of hydrogen-bond donors (Lipinski definition) is 0. The largest absolute Gasteiger partial charge is 0.261 e. The normalized spacial score (nSPS) is 36.9. The molecule has 62 valence electrons. The zero-order valence-corrected chi connectivity index (χ0v) is 7.33. The van der Waals surface area contributed by atoms with Gasteiger partial charge in [-0.1, -0.05) is 13.0 Å². The van der Waals surface area contributed by atoms with Crippen molar-refractivity contribution in [3.63, 3.8) is 0 Å². The Kier molecular flexibility index (Phi) is 1.16. The van der Waals surface area contributed by atoms with Gasteiger partial charge in [0.15, 0.2) is 0 Å². The number of nitrogens with zero attached hydrogens (tertiary/aromatic N) is 1. The van der Waals surface area contributed by atoms with Crippen molar-refractivity contribution in [2.75, 3.05) is 0 Å². The minimum Gasteiger partial charge on any atom is -0.261 e. The molecule has 1 nitrogen and oxygen atoms in total. The van der Waals surface area contributed by atoms with Crippen LogP contribution in [0.5, 0.6) is 0 Å². The van der Waals surface area contributed by atoms with Crippen LogP contribution < -0.4 is 0 Å². The summed E-state index contributed by atoms with van der Waals surface area (Å²) < 4.78 is 0. The van der Waals surface area contributed by atoms with E-state index in [2.05, 4.69) is 24.0 Å². The molecule has 3 atom stereocenters. The molecular formula is C11H13N. The number of rotatable bonds is 0. The van der Waals surface area contributed by atoms with Crippen LogP contribution in [-0.4, -0.2) is 4.98 Å². The van der Waals surface area contributed by atoms with Gasteiger partial charge in [-0.25, -0.2) is 0 Å². The van der Waals surface area contributed by atoms with E-state index in [0.717, 1.165) is 11.8 Å². The second-order valence-corrected chi connectivity index (χ2v) is 4.22. The van der Waals surface area contributed by atoms with Crippen LogP contribution in [0, 0.1) is 5.92 Å². The van der Waals surface area contributed by atoms with Crippen LogP contribution in [0.1, 0.15) is 42.9 Å². The number of pyridine rings is 1. The zero-order chi connectivity index (χ0) is 8.13. The van der Waals surface area contributed by atoms with Crippen LogP contribution in [0.4, 0.5) is 0 Å². The molecule has 12 heavy (non-hydrogen) atoms. The minimum absolute atomic E-state index is 0.699. The monoisotopic (exact) mass is 159 g/mol. The van der Waals surface area contributed by atoms with Crippen LogP contribution >= 0.6 is 0 Å². The van der Waals surface area contributed by atoms with Gasteiger partial charge in [-0.15, -0.1) is 0 Å². The predicted molar refractivity (Wildman–Crippen MR) is 48.1 cm³/mol. The first-order valence-electron chi connectivity index (χ1n) is 4.81. The highest BCUT2D eigenvalue weighted by atomic mass is 14.7. The van der Waals surface area contributed by atoms with Gasteiger partial charge in [0.2, 0.25) is 0 Å². The third kappa shape index (κ3) is 0.767. The Morgan fingerprint density at radius 2 is 2.33 bits per heavy atom. The first-order chi connectivity index (χ1) is 5.86. The standard InChI is InChI=1S/C11H13N/c1-7-5-8-6-10(8)9-3-2-4-12-11(7)9/h2-4,7-8,10H,5-6H2,1H3. The molecule has 1 fully saturated rings. The van der Waals surface area contributed by atoms with Gasteiger partial charge < -0.3 is 0 Å². The molecule has 1 heteroatoms. The van der Waals surface area contributed by atoms with Crippen molar-refractivity contribution in [1.82, 2.24) is 4.98 Å². The SMILES string of the molecule is CC1CC2CC2c2cccnc21. The first-order valence-corrected chi connectivity index (χ1v) is 4.81. The van der Waals surface area contributed by atoms with E-state index in [1.165, 1.54) is 18.5 Å². The van der Waals surface area contributed by atoms with E-state index in [4.69, 9.17) is 0 Å². The summed E-state index contributed by atoms with van der Waals surface area (Å²) in [4.78, 5) is 4.48. The Balaban J connectivity index is 2.15. The third-order valence-corrected chi connectivity index (χ3v) is 3.32. The summed E-state index contributed by atoms with van der Waals surface area (Å²) in [7, 11) is 0. The van der Waals surface area contributed by atoms with Crippen molar-refractivity contribution in [3.8, 4) is 0 Å². The van der Waals surface area contributed by atoms with Crippen LogP contribution in [0.25, 0.3) is 0 Å². The van der Waals surface area contributed by atoms with Crippen molar-refractivity contribution in [3.05, 3.63) is 29.6 Å². The van der Waals surface area contributed by atoms with E-state index < -0.39 is 0 Å². The van der Waals surface area contributed by atoms with Gasteiger partial charge in [-0.2, -0.15) is 0 Å². The van der Waals surface area contributed by atoms with Gasteiger partial charge in [-0.3, -0.25) is 4.98 Å². The lowest BCUT2D eigenvalue weighted by atomic mass is 9.88. The Morgan fingerprint density at radius 1 is 1.42 bits per heavy atom. The van der Waals surface area contributed by atoms with Crippen molar-refractivity contribution in [1.29, 1.82) is 0 Å². The number of aromatic nitrogens is 1. The average molecular weight is 159 g/mol. The molecule has 1 saturated carbocycles. The highest BCUT2D eigenvalue weighted by molar-refractivity contribution is 5.35. The molecule has 3 rings (SSSR count). The molecule has 2 aliphatic rings. The van der Waals surface area contributed by atoms with E-state index in [9.17, 15) is 0 Å². The molecule has 3 unspecified atom stereocenters. The third-order valence-electron chi connectivity index (χ3n) is 3.32. The van der Waals surface area contributed by atoms with Gasteiger partial charge >= 0.3 is 0 Å². The summed E-state index contributed by atoms with van der Waals surface area (Å²) in [5.41, 5.74) is 2.91. The lowest BCUT2D eigenvalue weighted by Gasteiger charge is -2.19. The average Bonchev–Trinajstić information content (AvgIpc) is 2.84. The zero-order valence-electron chi connectivity index (χ0n) is 7.33. The quantitative estimate of drug-likeness (QED) is 0.567. The summed E-state index contributed by atoms with van der Waals surface area (Å²) in [6.07, 6.45) is 4.72. The summed E-state index contributed by atoms with van der Waals surface area (Å²) in [6.45, 7) is 2.31. The highest BCUT2D eigenvalue weighted by Crippen LogP contribution is 2.57. The van der Waals surface area contributed by atoms with Gasteiger partial charge in [0.05, 0.1) is 0 Å². The van der Waals surface area contributed by atoms with Crippen LogP contribution in [-0.2, 0) is 0 Å². The van der Waals surface area contributed by atoms with Gasteiger partial charge in [0, 0.05) is 11.9 Å². The maximum atomic E-state index is 4.48. The lowest BCUT2D eigenvalue weighted by Crippen LogP contribution is -2.07. The van der Waals surface area contributed by atoms with Gasteiger partial charge in [0.25, 0.3) is 0 Å². The van der Waals surface area contributed by atoms with Crippen molar-refractivity contribution in [2.24, 2.45) is 5.92 Å². The van der Waals surface area contributed by atoms with E-state index in [0.29, 0.717) is 5.92 Å². The fourth-order valence-corrected chi connectivity index (χ4v) is 2.61. The molecule has 2 aliphatic carbocycles. The van der Waals surface area contributed by atoms with Crippen LogP contribution in [0.15, 0.2) is 18.3 Å². The first kappa shape index (κ1) is 6.64. The fraction of sp³-hybridized carbons (Fsp3) is 0.545. The molecule has 0 N–H and O–H groups in total. The minimum atomic E-state index is 0.699. The molecular weight excluding hydrogens is 146 g/mol. The van der Waals surface area contributed by atoms with Gasteiger partial charge in [-0.05, 0) is 42.2 Å². The van der Waals surface area contributed by atoms with E-state index in [-0.39, 0.29) is 0 Å². The maximum absolute atomic E-state index is 4.48. The van der Waals surface area contributed by atoms with Crippen LogP contribution in [0.2, 0.25) is 0 Å². The Labute approximate surface area is 72.8 Å². The smallest absolute Gasteiger partial charge is 0.0466 e. The summed E-state index contributed by atoms with van der Waals surface area (Å²) in [5.74, 6) is 2.58. The predicted octanol–water partition coefficient (Wildman–Crippen LogP) is 2.69. The molecule has 0 radical (unpaired) electrons. The Hall–Kier alpha value is -0.850. The van der Waals surface area contributed by atoms with Crippen molar-refractivity contribution >= 4 is 0 Å². The molecule has 0 saturated heterocycles. The number of fused-ring (bicyclic) bond motifs is 3. The lowest BCUT2D eigenvalue weighted by molar-refractivity contribution is 0.559. The fourth-order valence-electron chi connectivity index (χ4n) is 2.61. The maximum Gasteiger partial charge on any atom is 0.0466 e. The second-order valence-electron chi connectivity index (χ2n) is 4.22. The molecule has 1 heterocycles. The van der Waals surface area contributed by atoms with E-state index in [1.807, 2.05) is 6.20 Å². The van der Waals surface area contributed by atoms with Crippen molar-refractivity contribution in [2.45, 2.75) is 31.6 Å². The molecule has 1 aromatic rings. The van der Waals surface area contributed by atoms with E-state index >= 15 is 0 Å².